The highest BCUT2D eigenvalue weighted by atomic mass is 79.9. The summed E-state index contributed by atoms with van der Waals surface area (Å²) in [5.41, 5.74) is 7.46. The van der Waals surface area contributed by atoms with Crippen molar-refractivity contribution in [1.29, 1.82) is 0 Å². The van der Waals surface area contributed by atoms with E-state index in [1.165, 1.54) is 5.56 Å². The normalized spacial score (nSPS) is 18.6. The van der Waals surface area contributed by atoms with E-state index in [1.807, 2.05) is 42.5 Å². The zero-order valence-electron chi connectivity index (χ0n) is 11.0. The maximum absolute atomic E-state index is 6.28. The Morgan fingerprint density at radius 1 is 1.10 bits per heavy atom. The van der Waals surface area contributed by atoms with Crippen molar-refractivity contribution in [3.63, 3.8) is 0 Å². The van der Waals surface area contributed by atoms with Crippen LogP contribution < -0.4 is 15.2 Å². The van der Waals surface area contributed by atoms with Crippen LogP contribution in [0.5, 0.6) is 11.5 Å². The van der Waals surface area contributed by atoms with Crippen molar-refractivity contribution < 1.29 is 9.47 Å². The molecule has 1 aliphatic rings. The number of hydrogen-bond donors (Lipinski definition) is 1. The van der Waals surface area contributed by atoms with Gasteiger partial charge in [0.15, 0.2) is 11.5 Å². The molecule has 2 unspecified atom stereocenters. The summed E-state index contributed by atoms with van der Waals surface area (Å²) >= 11 is 3.55. The molecule has 2 atom stereocenters. The van der Waals surface area contributed by atoms with Gasteiger partial charge in [-0.05, 0) is 30.2 Å². The van der Waals surface area contributed by atoms with Crippen molar-refractivity contribution in [3.8, 4) is 11.5 Å². The number of para-hydroxylation sites is 2. The lowest BCUT2D eigenvalue weighted by atomic mass is 10.0. The first-order valence-corrected chi connectivity index (χ1v) is 7.41. The van der Waals surface area contributed by atoms with Gasteiger partial charge < -0.3 is 15.2 Å². The Kier molecular flexibility index (Phi) is 3.94. The summed E-state index contributed by atoms with van der Waals surface area (Å²) in [5, 5.41) is 0. The van der Waals surface area contributed by atoms with Crippen molar-refractivity contribution in [1.82, 2.24) is 0 Å². The van der Waals surface area contributed by atoms with E-state index in [0.717, 1.165) is 22.4 Å². The fraction of sp³-hybridized carbons (Fsp3) is 0.250. The van der Waals surface area contributed by atoms with Crippen molar-refractivity contribution in [3.05, 3.63) is 58.6 Å². The van der Waals surface area contributed by atoms with Gasteiger partial charge in [-0.15, -0.1) is 0 Å². The van der Waals surface area contributed by atoms with Crippen LogP contribution in [0.3, 0.4) is 0 Å². The highest BCUT2D eigenvalue weighted by Gasteiger charge is 2.26. The highest BCUT2D eigenvalue weighted by molar-refractivity contribution is 9.10. The zero-order valence-corrected chi connectivity index (χ0v) is 12.5. The van der Waals surface area contributed by atoms with Crippen molar-refractivity contribution >= 4 is 15.9 Å². The number of hydrogen-bond acceptors (Lipinski definition) is 3. The van der Waals surface area contributed by atoms with Crippen LogP contribution in [0.25, 0.3) is 0 Å². The fourth-order valence-electron chi connectivity index (χ4n) is 2.30. The van der Waals surface area contributed by atoms with Gasteiger partial charge in [-0.25, -0.2) is 0 Å². The summed E-state index contributed by atoms with van der Waals surface area (Å²) in [6, 6.07) is 15.7. The third-order valence-electron chi connectivity index (χ3n) is 3.42. The largest absolute Gasteiger partial charge is 0.486 e. The second-order valence-electron chi connectivity index (χ2n) is 4.87. The summed E-state index contributed by atoms with van der Waals surface area (Å²) < 4.78 is 12.7. The Labute approximate surface area is 126 Å². The lowest BCUT2D eigenvalue weighted by Crippen LogP contribution is -2.46. The molecule has 0 saturated carbocycles. The molecule has 1 heterocycles. The minimum Gasteiger partial charge on any atom is -0.486 e. The van der Waals surface area contributed by atoms with Gasteiger partial charge in [0.1, 0.15) is 12.7 Å². The number of nitrogens with two attached hydrogens (primary N) is 1. The number of halogens is 1. The molecule has 2 aromatic carbocycles. The van der Waals surface area contributed by atoms with Crippen LogP contribution in [0.2, 0.25) is 0 Å². The van der Waals surface area contributed by atoms with Crippen LogP contribution in [-0.4, -0.2) is 18.8 Å². The molecule has 104 valence electrons. The third-order valence-corrected chi connectivity index (χ3v) is 4.20. The first-order valence-electron chi connectivity index (χ1n) is 6.61. The number of rotatable bonds is 3. The van der Waals surface area contributed by atoms with E-state index in [4.69, 9.17) is 15.2 Å². The average Bonchev–Trinajstić information content (AvgIpc) is 2.49. The molecule has 3 nitrogen and oxygen atoms in total. The Morgan fingerprint density at radius 2 is 1.80 bits per heavy atom. The third kappa shape index (κ3) is 2.81. The standard InChI is InChI=1S/C16H16BrNO2/c17-12-6-2-1-5-11(12)9-13(18)16-10-19-14-7-3-4-8-15(14)20-16/h1-8,13,16H,9-10,18H2. The van der Waals surface area contributed by atoms with Crippen LogP contribution in [0.4, 0.5) is 0 Å². The molecule has 1 aliphatic heterocycles. The summed E-state index contributed by atoms with van der Waals surface area (Å²) in [6.07, 6.45) is 0.620. The molecule has 2 N–H and O–H groups in total. The van der Waals surface area contributed by atoms with E-state index >= 15 is 0 Å². The number of fused-ring (bicyclic) bond motifs is 1. The van der Waals surface area contributed by atoms with Crippen LogP contribution in [0.1, 0.15) is 5.56 Å². The summed E-state index contributed by atoms with van der Waals surface area (Å²) in [6.45, 7) is 0.489. The Hall–Kier alpha value is -1.52. The van der Waals surface area contributed by atoms with Crippen LogP contribution in [0, 0.1) is 0 Å². The lowest BCUT2D eigenvalue weighted by molar-refractivity contribution is 0.0722. The Balaban J connectivity index is 1.70. The SMILES string of the molecule is NC(Cc1ccccc1Br)C1COc2ccccc2O1. The average molecular weight is 334 g/mol. The first kappa shape index (κ1) is 13.5. The summed E-state index contributed by atoms with van der Waals surface area (Å²) in [5.74, 6) is 1.56. The minimum atomic E-state index is -0.128. The molecule has 0 saturated heterocycles. The van der Waals surface area contributed by atoms with Crippen molar-refractivity contribution in [2.75, 3.05) is 6.61 Å². The fourth-order valence-corrected chi connectivity index (χ4v) is 2.74. The Bertz CT molecular complexity index is 603. The quantitative estimate of drug-likeness (QED) is 0.938. The maximum Gasteiger partial charge on any atom is 0.161 e. The van der Waals surface area contributed by atoms with E-state index in [1.54, 1.807) is 0 Å². The molecule has 2 aromatic rings. The summed E-state index contributed by atoms with van der Waals surface area (Å²) in [7, 11) is 0. The van der Waals surface area contributed by atoms with E-state index in [9.17, 15) is 0 Å². The summed E-state index contributed by atoms with van der Waals surface area (Å²) in [4.78, 5) is 0. The molecule has 20 heavy (non-hydrogen) atoms. The number of ether oxygens (including phenoxy) is 2. The molecule has 0 bridgehead atoms. The molecule has 3 rings (SSSR count). The molecule has 0 aliphatic carbocycles. The number of benzene rings is 2. The van der Waals surface area contributed by atoms with E-state index in [-0.39, 0.29) is 12.1 Å². The van der Waals surface area contributed by atoms with Gasteiger partial charge >= 0.3 is 0 Å². The maximum atomic E-state index is 6.28. The van der Waals surface area contributed by atoms with Gasteiger partial charge in [-0.2, -0.15) is 0 Å². The van der Waals surface area contributed by atoms with Gasteiger partial charge in [0.2, 0.25) is 0 Å². The molecule has 0 spiro atoms. The smallest absolute Gasteiger partial charge is 0.161 e. The van der Waals surface area contributed by atoms with E-state index in [0.29, 0.717) is 6.61 Å². The van der Waals surface area contributed by atoms with Crippen LogP contribution >= 0.6 is 15.9 Å². The van der Waals surface area contributed by atoms with Gasteiger partial charge in [0.05, 0.1) is 0 Å². The first-order chi connectivity index (χ1) is 9.74. The van der Waals surface area contributed by atoms with Crippen molar-refractivity contribution in [2.45, 2.75) is 18.6 Å². The second-order valence-corrected chi connectivity index (χ2v) is 5.73. The molecule has 0 aromatic heterocycles. The monoisotopic (exact) mass is 333 g/mol. The molecular formula is C16H16BrNO2. The predicted octanol–water partition coefficient (Wildman–Crippen LogP) is 3.16. The lowest BCUT2D eigenvalue weighted by Gasteiger charge is -2.30. The van der Waals surface area contributed by atoms with Crippen LogP contribution in [0.15, 0.2) is 53.0 Å². The molecule has 0 radical (unpaired) electrons. The molecule has 4 heteroatoms. The second kappa shape index (κ2) is 5.85. The minimum absolute atomic E-state index is 0.109. The molecule has 0 fully saturated rings. The van der Waals surface area contributed by atoms with Gasteiger partial charge in [0.25, 0.3) is 0 Å². The molecule has 0 amide bonds. The predicted molar refractivity (Wildman–Crippen MR) is 82.2 cm³/mol. The van der Waals surface area contributed by atoms with Gasteiger partial charge in [0, 0.05) is 10.5 Å². The Morgan fingerprint density at radius 3 is 2.60 bits per heavy atom. The van der Waals surface area contributed by atoms with E-state index in [2.05, 4.69) is 22.0 Å². The topological polar surface area (TPSA) is 44.5 Å². The van der Waals surface area contributed by atoms with Crippen LogP contribution in [-0.2, 0) is 6.42 Å². The van der Waals surface area contributed by atoms with Crippen molar-refractivity contribution in [2.24, 2.45) is 5.73 Å². The van der Waals surface area contributed by atoms with Gasteiger partial charge in [-0.1, -0.05) is 46.3 Å². The van der Waals surface area contributed by atoms with E-state index < -0.39 is 0 Å². The highest BCUT2D eigenvalue weighted by Crippen LogP contribution is 2.32. The van der Waals surface area contributed by atoms with Gasteiger partial charge in [-0.3, -0.25) is 0 Å². The zero-order chi connectivity index (χ0) is 13.9. The molecular weight excluding hydrogens is 318 g/mol.